The summed E-state index contributed by atoms with van der Waals surface area (Å²) in [4.78, 5) is 12.6. The van der Waals surface area contributed by atoms with E-state index in [0.29, 0.717) is 5.56 Å². The van der Waals surface area contributed by atoms with Gasteiger partial charge in [-0.15, -0.1) is 12.4 Å². The van der Waals surface area contributed by atoms with Crippen LogP contribution >= 0.6 is 12.4 Å². The molecule has 4 heteroatoms. The molecule has 100 valence electrons. The lowest BCUT2D eigenvalue weighted by molar-refractivity contribution is -0.151. The van der Waals surface area contributed by atoms with Gasteiger partial charge in [0, 0.05) is 5.48 Å². The predicted octanol–water partition coefficient (Wildman–Crippen LogP) is 2.29. The number of rotatable bonds is 3. The molecule has 1 heterocycles. The van der Waals surface area contributed by atoms with Crippen molar-refractivity contribution in [2.24, 2.45) is 0 Å². The normalized spacial score (nSPS) is 26.5. The quantitative estimate of drug-likeness (QED) is 0.859. The van der Waals surface area contributed by atoms with E-state index in [1.165, 1.54) is 0 Å². The smallest absolute Gasteiger partial charge is 0.316 e. The number of hydrogen-bond acceptors (Lipinski definition) is 3. The van der Waals surface area contributed by atoms with Crippen molar-refractivity contribution in [3.63, 3.8) is 0 Å². The lowest BCUT2D eigenvalue weighted by Gasteiger charge is -2.35. The van der Waals surface area contributed by atoms with Crippen molar-refractivity contribution < 1.29 is 15.0 Å². The summed E-state index contributed by atoms with van der Waals surface area (Å²) in [5.41, 5.74) is -1.68. The van der Waals surface area contributed by atoms with Crippen LogP contribution in [0.5, 0.6) is 0 Å². The maximum Gasteiger partial charge on any atom is 0.316 e. The Morgan fingerprint density at radius 1 is 1.39 bits per heavy atom. The number of carbonyl (C=O) groups excluding carboxylic acids is 1. The third-order valence-corrected chi connectivity index (χ3v) is 2.75. The van der Waals surface area contributed by atoms with Crippen LogP contribution in [0.2, 0.25) is 0 Å². The Balaban J connectivity index is 0.00000242. The van der Waals surface area contributed by atoms with Gasteiger partial charge in [0.05, 0.1) is 12.0 Å². The van der Waals surface area contributed by atoms with Crippen molar-refractivity contribution in [1.82, 2.24) is 5.32 Å². The third kappa shape index (κ3) is 2.85. The van der Waals surface area contributed by atoms with E-state index in [9.17, 15) is 4.79 Å². The molecule has 1 fully saturated rings. The molecule has 1 aromatic rings. The highest BCUT2D eigenvalue weighted by molar-refractivity contribution is 5.85. The van der Waals surface area contributed by atoms with Crippen molar-refractivity contribution in [2.45, 2.75) is 25.1 Å². The number of benzene rings is 1. The number of carbonyl (C=O) groups is 1. The zero-order chi connectivity index (χ0) is 15.7. The molecule has 0 atom stereocenters. The predicted molar refractivity (Wildman–Crippen MR) is 74.1 cm³/mol. The maximum absolute atomic E-state index is 12.6. The van der Waals surface area contributed by atoms with E-state index in [4.69, 9.17) is 10.2 Å². The largest absolute Gasteiger partial charge is 0.465 e. The summed E-state index contributed by atoms with van der Waals surface area (Å²) in [5.74, 6) is -0.854. The molecule has 1 saturated heterocycles. The van der Waals surface area contributed by atoms with Crippen molar-refractivity contribution in [2.75, 3.05) is 19.7 Å². The van der Waals surface area contributed by atoms with Crippen molar-refractivity contribution in [3.8, 4) is 0 Å². The molecule has 0 aromatic heterocycles. The van der Waals surface area contributed by atoms with E-state index in [-0.39, 0.29) is 32.1 Å². The molecule has 1 aliphatic rings. The Labute approximate surface area is 120 Å². The first kappa shape index (κ1) is 9.82. The van der Waals surface area contributed by atoms with Gasteiger partial charge < -0.3 is 10.1 Å². The second-order valence-corrected chi connectivity index (χ2v) is 3.79. The van der Waals surface area contributed by atoms with Crippen LogP contribution in [0.15, 0.2) is 30.3 Å². The van der Waals surface area contributed by atoms with Crippen LogP contribution in [0.3, 0.4) is 0 Å². The Hall–Kier alpha value is -1.06. The molecule has 1 aliphatic heterocycles. The van der Waals surface area contributed by atoms with Gasteiger partial charge in [-0.2, -0.15) is 0 Å². The molecule has 0 amide bonds. The van der Waals surface area contributed by atoms with E-state index in [0.717, 1.165) is 0 Å². The molecule has 0 radical (unpaired) electrons. The third-order valence-electron chi connectivity index (χ3n) is 2.75. The van der Waals surface area contributed by atoms with E-state index >= 15 is 0 Å². The lowest BCUT2D eigenvalue weighted by atomic mass is 9.73. The minimum Gasteiger partial charge on any atom is -0.465 e. The van der Waals surface area contributed by atoms with Crippen LogP contribution in [0, 0.1) is 0 Å². The first-order valence-electron chi connectivity index (χ1n) is 7.73. The van der Waals surface area contributed by atoms with Gasteiger partial charge in [0.15, 0.2) is 0 Å². The summed E-state index contributed by atoms with van der Waals surface area (Å²) < 4.78 is 38.3. The lowest BCUT2D eigenvalue weighted by Crippen LogP contribution is -2.46. The summed E-state index contributed by atoms with van der Waals surface area (Å²) in [7, 11) is 0. The molecule has 18 heavy (non-hydrogen) atoms. The number of ether oxygens (including phenoxy) is 1. The fourth-order valence-corrected chi connectivity index (χ4v) is 1.91. The van der Waals surface area contributed by atoms with Gasteiger partial charge in [0.1, 0.15) is 0 Å². The summed E-state index contributed by atoms with van der Waals surface area (Å²) in [6.07, 6.45) is -4.22. The number of piperidine rings is 1. The second kappa shape index (κ2) is 6.76. The topological polar surface area (TPSA) is 38.3 Å². The Kier molecular flexibility index (Phi) is 3.69. The second-order valence-electron chi connectivity index (χ2n) is 3.79. The fraction of sp³-hybridized carbons (Fsp3) is 0.500. The molecule has 1 N–H and O–H groups in total. The highest BCUT2D eigenvalue weighted by Gasteiger charge is 2.42. The fourth-order valence-electron chi connectivity index (χ4n) is 1.91. The molecule has 1 aromatic carbocycles. The summed E-state index contributed by atoms with van der Waals surface area (Å²) >= 11 is 0. The summed E-state index contributed by atoms with van der Waals surface area (Å²) in [6.45, 7) is 1.48. The van der Waals surface area contributed by atoms with Gasteiger partial charge in [-0.25, -0.2) is 0 Å². The van der Waals surface area contributed by atoms with Gasteiger partial charge in [0.25, 0.3) is 0 Å². The number of hydrogen-bond donors (Lipinski definition) is 1. The number of halogens is 1. The van der Waals surface area contributed by atoms with Crippen LogP contribution < -0.4 is 5.32 Å². The van der Waals surface area contributed by atoms with Crippen LogP contribution in [-0.2, 0) is 14.9 Å². The standard InChI is InChI=1S/C14H19NO2.ClH/c1-2-17-13(16)14(8-10-15-11-9-14)12-6-4-3-5-7-12;/h3-7,15H,2,8-11H2,1H3;1H/i8D2,9D2;. The first-order chi connectivity index (χ1) is 9.79. The number of esters is 1. The molecule has 0 bridgehead atoms. The first-order valence-corrected chi connectivity index (χ1v) is 5.73. The highest BCUT2D eigenvalue weighted by atomic mass is 35.5. The van der Waals surface area contributed by atoms with Crippen molar-refractivity contribution >= 4 is 18.4 Å². The van der Waals surface area contributed by atoms with Gasteiger partial charge in [-0.3, -0.25) is 4.79 Å². The summed E-state index contributed by atoms with van der Waals surface area (Å²) in [6, 6.07) is 8.25. The Bertz CT molecular complexity index is 509. The highest BCUT2D eigenvalue weighted by Crippen LogP contribution is 2.34. The minimum atomic E-state index is -2.11. The van der Waals surface area contributed by atoms with Gasteiger partial charge in [-0.1, -0.05) is 30.3 Å². The molecule has 3 nitrogen and oxygen atoms in total. The van der Waals surface area contributed by atoms with Crippen LogP contribution in [0.25, 0.3) is 0 Å². The van der Waals surface area contributed by atoms with Crippen molar-refractivity contribution in [1.29, 1.82) is 0 Å². The Morgan fingerprint density at radius 2 is 2.00 bits per heavy atom. The Morgan fingerprint density at radius 3 is 2.56 bits per heavy atom. The molecule has 2 rings (SSSR count). The number of nitrogens with one attached hydrogen (secondary N) is 1. The molecule has 0 aliphatic carbocycles. The van der Waals surface area contributed by atoms with Crippen LogP contribution in [0.1, 0.15) is 30.7 Å². The van der Waals surface area contributed by atoms with Gasteiger partial charge in [-0.05, 0) is 38.3 Å². The van der Waals surface area contributed by atoms with Crippen LogP contribution in [0.4, 0.5) is 0 Å². The maximum atomic E-state index is 12.6. The monoisotopic (exact) mass is 273 g/mol. The van der Waals surface area contributed by atoms with E-state index < -0.39 is 24.1 Å². The average Bonchev–Trinajstić information content (AvgIpc) is 2.38. The van der Waals surface area contributed by atoms with E-state index in [1.54, 1.807) is 37.3 Å². The molecule has 0 spiro atoms. The molecule has 0 saturated carbocycles. The van der Waals surface area contributed by atoms with E-state index in [1.807, 2.05) is 0 Å². The molecule has 0 unspecified atom stereocenters. The molecular formula is C14H20ClNO2. The summed E-state index contributed by atoms with van der Waals surface area (Å²) in [5, 5.41) is 2.73. The SMILES string of the molecule is Cl.[2H]C1([2H])CNCC([2H])([2H])C1(C(=O)OCC)c1ccccc1. The molecular weight excluding hydrogens is 250 g/mol. The van der Waals surface area contributed by atoms with Crippen LogP contribution in [-0.4, -0.2) is 25.7 Å². The van der Waals surface area contributed by atoms with Gasteiger partial charge in [0.2, 0.25) is 0 Å². The zero-order valence-electron chi connectivity index (χ0n) is 14.2. The van der Waals surface area contributed by atoms with Crippen molar-refractivity contribution in [3.05, 3.63) is 35.9 Å². The average molecular weight is 274 g/mol. The minimum absolute atomic E-state index is 0. The zero-order valence-corrected chi connectivity index (χ0v) is 11.0. The van der Waals surface area contributed by atoms with Gasteiger partial charge >= 0.3 is 5.97 Å². The van der Waals surface area contributed by atoms with E-state index in [2.05, 4.69) is 5.32 Å².